The normalized spacial score (nSPS) is 10.4. The Bertz CT molecular complexity index is 320. The lowest BCUT2D eigenvalue weighted by atomic mass is 10.1. The number of hydrogen-bond donors (Lipinski definition) is 2. The van der Waals surface area contributed by atoms with Crippen LogP contribution in [0, 0.1) is 5.82 Å². The molecule has 0 heterocycles. The summed E-state index contributed by atoms with van der Waals surface area (Å²) in [4.78, 5) is 0. The molecule has 90 valence electrons. The van der Waals surface area contributed by atoms with E-state index >= 15 is 0 Å². The minimum atomic E-state index is -0.284. The quantitative estimate of drug-likeness (QED) is 0.566. The average molecular weight is 243 g/mol. The molecule has 4 heteroatoms. The fourth-order valence-corrected chi connectivity index (χ4v) is 1.57. The molecule has 0 aliphatic carbocycles. The first kappa shape index (κ1) is 13.3. The fraction of sp³-hybridized carbons (Fsp3) is 0.500. The van der Waals surface area contributed by atoms with Crippen LogP contribution < -0.4 is 10.1 Å². The Morgan fingerprint density at radius 3 is 2.81 bits per heavy atom. The third-order valence-electron chi connectivity index (χ3n) is 2.18. The van der Waals surface area contributed by atoms with Gasteiger partial charge in [-0.2, -0.15) is 12.6 Å². The lowest BCUT2D eigenvalue weighted by Gasteiger charge is -2.07. The van der Waals surface area contributed by atoms with Gasteiger partial charge in [0.05, 0.1) is 6.61 Å². The molecule has 2 nitrogen and oxygen atoms in total. The van der Waals surface area contributed by atoms with E-state index < -0.39 is 0 Å². The van der Waals surface area contributed by atoms with Crippen molar-refractivity contribution in [2.75, 3.05) is 25.4 Å². The molecule has 0 amide bonds. The smallest absolute Gasteiger partial charge is 0.165 e. The van der Waals surface area contributed by atoms with Crippen molar-refractivity contribution in [1.29, 1.82) is 0 Å². The highest BCUT2D eigenvalue weighted by Gasteiger charge is 2.03. The SMILES string of the molecule is CCOc1ccc(CCNCCS)cc1F. The highest BCUT2D eigenvalue weighted by Crippen LogP contribution is 2.18. The molecule has 1 rings (SSSR count). The number of ether oxygens (including phenoxy) is 1. The lowest BCUT2D eigenvalue weighted by molar-refractivity contribution is 0.321. The van der Waals surface area contributed by atoms with E-state index in [-0.39, 0.29) is 5.82 Å². The third-order valence-corrected chi connectivity index (χ3v) is 2.40. The molecule has 0 spiro atoms. The summed E-state index contributed by atoms with van der Waals surface area (Å²) in [6.07, 6.45) is 0.817. The lowest BCUT2D eigenvalue weighted by Crippen LogP contribution is -2.19. The van der Waals surface area contributed by atoms with Gasteiger partial charge >= 0.3 is 0 Å². The van der Waals surface area contributed by atoms with Crippen LogP contribution in [0.5, 0.6) is 5.75 Å². The molecule has 0 aliphatic heterocycles. The molecule has 0 atom stereocenters. The summed E-state index contributed by atoms with van der Waals surface area (Å²) in [5, 5.41) is 3.21. The van der Waals surface area contributed by atoms with Gasteiger partial charge in [-0.1, -0.05) is 6.07 Å². The highest BCUT2D eigenvalue weighted by molar-refractivity contribution is 7.80. The second-order valence-electron chi connectivity index (χ2n) is 3.42. The van der Waals surface area contributed by atoms with E-state index in [4.69, 9.17) is 4.74 Å². The van der Waals surface area contributed by atoms with Gasteiger partial charge in [0.25, 0.3) is 0 Å². The largest absolute Gasteiger partial charge is 0.491 e. The van der Waals surface area contributed by atoms with Crippen molar-refractivity contribution in [1.82, 2.24) is 5.32 Å². The molecular weight excluding hydrogens is 225 g/mol. The zero-order chi connectivity index (χ0) is 11.8. The van der Waals surface area contributed by atoms with Crippen molar-refractivity contribution >= 4 is 12.6 Å². The van der Waals surface area contributed by atoms with Gasteiger partial charge < -0.3 is 10.1 Å². The van der Waals surface area contributed by atoms with Gasteiger partial charge in [0.2, 0.25) is 0 Å². The van der Waals surface area contributed by atoms with Gasteiger partial charge in [-0.05, 0) is 37.6 Å². The van der Waals surface area contributed by atoms with E-state index in [2.05, 4.69) is 17.9 Å². The fourth-order valence-electron chi connectivity index (χ4n) is 1.41. The number of hydrogen-bond acceptors (Lipinski definition) is 3. The van der Waals surface area contributed by atoms with Crippen molar-refractivity contribution in [3.05, 3.63) is 29.6 Å². The molecule has 1 aromatic carbocycles. The summed E-state index contributed by atoms with van der Waals surface area (Å²) >= 11 is 4.09. The van der Waals surface area contributed by atoms with Crippen LogP contribution in [-0.4, -0.2) is 25.4 Å². The maximum absolute atomic E-state index is 13.5. The van der Waals surface area contributed by atoms with E-state index in [0.717, 1.165) is 30.8 Å². The first-order chi connectivity index (χ1) is 7.77. The Kier molecular flexibility index (Phi) is 6.26. The molecule has 0 saturated heterocycles. The first-order valence-corrected chi connectivity index (χ1v) is 6.14. The Balaban J connectivity index is 2.46. The second kappa shape index (κ2) is 7.52. The van der Waals surface area contributed by atoms with Crippen LogP contribution in [0.15, 0.2) is 18.2 Å². The number of halogens is 1. The van der Waals surface area contributed by atoms with E-state index in [1.807, 2.05) is 13.0 Å². The highest BCUT2D eigenvalue weighted by atomic mass is 32.1. The Hall–Kier alpha value is -0.740. The van der Waals surface area contributed by atoms with Gasteiger partial charge in [-0.3, -0.25) is 0 Å². The molecule has 0 saturated carbocycles. The number of rotatable bonds is 7. The van der Waals surface area contributed by atoms with E-state index in [0.29, 0.717) is 12.4 Å². The van der Waals surface area contributed by atoms with Gasteiger partial charge in [-0.15, -0.1) is 0 Å². The van der Waals surface area contributed by atoms with Gasteiger partial charge in [0, 0.05) is 12.3 Å². The predicted octanol–water partition coefficient (Wildman–Crippen LogP) is 2.29. The van der Waals surface area contributed by atoms with Crippen LogP contribution in [0.3, 0.4) is 0 Å². The van der Waals surface area contributed by atoms with Gasteiger partial charge in [0.1, 0.15) is 0 Å². The molecule has 0 aromatic heterocycles. The molecule has 0 unspecified atom stereocenters. The topological polar surface area (TPSA) is 21.3 Å². The van der Waals surface area contributed by atoms with E-state index in [1.165, 1.54) is 6.07 Å². The number of benzene rings is 1. The Morgan fingerprint density at radius 1 is 1.38 bits per heavy atom. The minimum absolute atomic E-state index is 0.284. The summed E-state index contributed by atoms with van der Waals surface area (Å²) in [5.74, 6) is 0.862. The average Bonchev–Trinajstić information content (AvgIpc) is 2.28. The van der Waals surface area contributed by atoms with E-state index in [1.54, 1.807) is 6.07 Å². The monoisotopic (exact) mass is 243 g/mol. The van der Waals surface area contributed by atoms with Crippen LogP contribution in [-0.2, 0) is 6.42 Å². The molecule has 0 fully saturated rings. The van der Waals surface area contributed by atoms with Gasteiger partial charge in [-0.25, -0.2) is 4.39 Å². The molecule has 0 bridgehead atoms. The minimum Gasteiger partial charge on any atom is -0.491 e. The molecule has 0 radical (unpaired) electrons. The van der Waals surface area contributed by atoms with Crippen LogP contribution in [0.4, 0.5) is 4.39 Å². The molecule has 0 aliphatic rings. The molecule has 16 heavy (non-hydrogen) atoms. The van der Waals surface area contributed by atoms with Crippen LogP contribution >= 0.6 is 12.6 Å². The first-order valence-electron chi connectivity index (χ1n) is 5.50. The number of nitrogens with one attached hydrogen (secondary N) is 1. The standard InChI is InChI=1S/C12H18FNOS/c1-2-15-12-4-3-10(9-11(12)13)5-6-14-7-8-16/h3-4,9,14,16H,2,5-8H2,1H3. The Labute approximate surface area is 102 Å². The summed E-state index contributed by atoms with van der Waals surface area (Å²) in [5.41, 5.74) is 0.979. The summed E-state index contributed by atoms with van der Waals surface area (Å²) < 4.78 is 18.6. The van der Waals surface area contributed by atoms with Crippen molar-refractivity contribution in [2.45, 2.75) is 13.3 Å². The van der Waals surface area contributed by atoms with Crippen molar-refractivity contribution in [3.8, 4) is 5.75 Å². The maximum Gasteiger partial charge on any atom is 0.165 e. The van der Waals surface area contributed by atoms with Crippen LogP contribution in [0.1, 0.15) is 12.5 Å². The zero-order valence-corrected chi connectivity index (χ0v) is 10.4. The zero-order valence-electron chi connectivity index (χ0n) is 9.50. The summed E-state index contributed by atoms with van der Waals surface area (Å²) in [6, 6.07) is 5.12. The van der Waals surface area contributed by atoms with Crippen LogP contribution in [0.25, 0.3) is 0 Å². The molecule has 1 N–H and O–H groups in total. The number of thiol groups is 1. The summed E-state index contributed by atoms with van der Waals surface area (Å²) in [7, 11) is 0. The van der Waals surface area contributed by atoms with Crippen molar-refractivity contribution in [2.24, 2.45) is 0 Å². The molecular formula is C12H18FNOS. The van der Waals surface area contributed by atoms with Crippen molar-refractivity contribution in [3.63, 3.8) is 0 Å². The van der Waals surface area contributed by atoms with Crippen LogP contribution in [0.2, 0.25) is 0 Å². The third kappa shape index (κ3) is 4.41. The van der Waals surface area contributed by atoms with Gasteiger partial charge in [0.15, 0.2) is 11.6 Å². The Morgan fingerprint density at radius 2 is 2.19 bits per heavy atom. The van der Waals surface area contributed by atoms with Crippen molar-refractivity contribution < 1.29 is 9.13 Å². The van der Waals surface area contributed by atoms with E-state index in [9.17, 15) is 4.39 Å². The second-order valence-corrected chi connectivity index (χ2v) is 3.87. The predicted molar refractivity (Wildman–Crippen MR) is 68.0 cm³/mol. The maximum atomic E-state index is 13.5. The summed E-state index contributed by atoms with van der Waals surface area (Å²) in [6.45, 7) is 4.05. The molecule has 1 aromatic rings.